The third-order valence-electron chi connectivity index (χ3n) is 3.79. The van der Waals surface area contributed by atoms with E-state index in [4.69, 9.17) is 27.9 Å². The minimum atomic E-state index is -0.268. The van der Waals surface area contributed by atoms with Gasteiger partial charge in [0.25, 0.3) is 0 Å². The van der Waals surface area contributed by atoms with E-state index >= 15 is 0 Å². The van der Waals surface area contributed by atoms with Crippen molar-refractivity contribution >= 4 is 34.9 Å². The number of anilines is 1. The number of hydrogen-bond donors (Lipinski definition) is 1. The summed E-state index contributed by atoms with van der Waals surface area (Å²) >= 11 is 11.5. The van der Waals surface area contributed by atoms with Crippen LogP contribution in [0.2, 0.25) is 10.6 Å². The van der Waals surface area contributed by atoms with Gasteiger partial charge in [0.1, 0.15) is 6.10 Å². The lowest BCUT2D eigenvalue weighted by atomic mass is 10.1. The second-order valence-electron chi connectivity index (χ2n) is 5.50. The molecule has 0 amide bonds. The predicted octanol–water partition coefficient (Wildman–Crippen LogP) is 3.75. The number of fused-ring (bicyclic) bond motifs is 1. The number of rotatable bonds is 4. The highest BCUT2D eigenvalue weighted by Gasteiger charge is 2.27. The molecule has 6 nitrogen and oxygen atoms in total. The van der Waals surface area contributed by atoms with Gasteiger partial charge in [-0.2, -0.15) is 15.0 Å². The molecule has 2 aliphatic rings. The lowest BCUT2D eigenvalue weighted by molar-refractivity contribution is 0.0734. The van der Waals surface area contributed by atoms with E-state index in [1.165, 1.54) is 0 Å². The third-order valence-corrected chi connectivity index (χ3v) is 4.13. The van der Waals surface area contributed by atoms with Crippen LogP contribution in [0.15, 0.2) is 53.6 Å². The molecule has 1 aliphatic carbocycles. The highest BCUT2D eigenvalue weighted by molar-refractivity contribution is 6.31. The van der Waals surface area contributed by atoms with Crippen LogP contribution in [-0.4, -0.2) is 26.8 Å². The van der Waals surface area contributed by atoms with Gasteiger partial charge in [0.2, 0.25) is 16.5 Å². The molecule has 0 saturated heterocycles. The number of nitrogens with one attached hydrogen (secondary N) is 1. The Hall–Kier alpha value is -2.28. The largest absolute Gasteiger partial charge is 0.350 e. The van der Waals surface area contributed by atoms with Gasteiger partial charge in [0, 0.05) is 12.1 Å². The monoisotopic (exact) mass is 373 g/mol. The van der Waals surface area contributed by atoms with Crippen molar-refractivity contribution in [1.82, 2.24) is 15.0 Å². The van der Waals surface area contributed by atoms with Gasteiger partial charge in [-0.1, -0.05) is 36.4 Å². The molecule has 25 heavy (non-hydrogen) atoms. The highest BCUT2D eigenvalue weighted by atomic mass is 35.5. The molecule has 2 atom stereocenters. The molecule has 126 valence electrons. The van der Waals surface area contributed by atoms with Crippen LogP contribution in [0.5, 0.6) is 0 Å². The quantitative estimate of drug-likeness (QED) is 0.883. The fraction of sp³-hybridized carbons (Fsp3) is 0.176. The Morgan fingerprint density at radius 3 is 2.48 bits per heavy atom. The first-order valence-electron chi connectivity index (χ1n) is 7.65. The number of ether oxygens (including phenoxy) is 1. The van der Waals surface area contributed by atoms with Crippen molar-refractivity contribution < 1.29 is 4.74 Å². The Bertz CT molecular complexity index is 859. The number of aliphatic imine (C=N–C) groups is 1. The standard InChI is InChI=1S/C17H13Cl2N5O/c18-15-22-16(19)24-17(23-15)20-9-10-5-7-11(8-6-10)14-21-12-3-1-2-4-13(12)25-14/h1-8,13-14H,9H2,(H,20,22,23,24). The van der Waals surface area contributed by atoms with E-state index in [0.29, 0.717) is 12.5 Å². The van der Waals surface area contributed by atoms with Gasteiger partial charge in [-0.25, -0.2) is 0 Å². The van der Waals surface area contributed by atoms with Crippen molar-refractivity contribution in [2.45, 2.75) is 18.9 Å². The van der Waals surface area contributed by atoms with Crippen LogP contribution >= 0.6 is 23.2 Å². The van der Waals surface area contributed by atoms with Crippen LogP contribution in [0.25, 0.3) is 0 Å². The van der Waals surface area contributed by atoms with Gasteiger partial charge in [-0.05, 0) is 40.9 Å². The van der Waals surface area contributed by atoms with Crippen molar-refractivity contribution in [2.24, 2.45) is 4.99 Å². The summed E-state index contributed by atoms with van der Waals surface area (Å²) in [6.45, 7) is 0.533. The smallest absolute Gasteiger partial charge is 0.228 e. The van der Waals surface area contributed by atoms with Crippen molar-refractivity contribution in [3.05, 3.63) is 70.3 Å². The molecular weight excluding hydrogens is 361 g/mol. The molecule has 2 unspecified atom stereocenters. The van der Waals surface area contributed by atoms with Gasteiger partial charge >= 0.3 is 0 Å². The number of aromatic nitrogens is 3. The van der Waals surface area contributed by atoms with E-state index < -0.39 is 0 Å². The zero-order valence-corrected chi connectivity index (χ0v) is 14.4. The van der Waals surface area contributed by atoms with Gasteiger partial charge < -0.3 is 10.1 Å². The lowest BCUT2D eigenvalue weighted by Gasteiger charge is -2.12. The molecule has 1 N–H and O–H groups in total. The Morgan fingerprint density at radius 2 is 1.76 bits per heavy atom. The third kappa shape index (κ3) is 3.71. The summed E-state index contributed by atoms with van der Waals surface area (Å²) in [5.74, 6) is 0.335. The van der Waals surface area contributed by atoms with Gasteiger partial charge in [-0.3, -0.25) is 4.99 Å². The van der Waals surface area contributed by atoms with Crippen molar-refractivity contribution in [1.29, 1.82) is 0 Å². The van der Waals surface area contributed by atoms with Crippen molar-refractivity contribution in [2.75, 3.05) is 5.32 Å². The molecule has 2 heterocycles. The summed E-state index contributed by atoms with van der Waals surface area (Å²) in [4.78, 5) is 16.3. The van der Waals surface area contributed by atoms with E-state index in [2.05, 4.69) is 25.3 Å². The molecule has 1 aliphatic heterocycles. The van der Waals surface area contributed by atoms with Gasteiger partial charge in [0.05, 0.1) is 5.71 Å². The minimum Gasteiger partial charge on any atom is -0.350 e. The Labute approximate surface area is 154 Å². The average molecular weight is 374 g/mol. The maximum absolute atomic E-state index is 5.93. The second kappa shape index (κ2) is 6.92. The lowest BCUT2D eigenvalue weighted by Crippen LogP contribution is -2.15. The number of hydrogen-bond acceptors (Lipinski definition) is 6. The Kier molecular flexibility index (Phi) is 4.48. The fourth-order valence-electron chi connectivity index (χ4n) is 2.59. The van der Waals surface area contributed by atoms with Crippen LogP contribution in [0.4, 0.5) is 5.95 Å². The topological polar surface area (TPSA) is 72.3 Å². The van der Waals surface area contributed by atoms with Crippen LogP contribution in [0.1, 0.15) is 17.4 Å². The maximum atomic E-state index is 5.93. The first-order chi connectivity index (χ1) is 12.2. The molecule has 4 rings (SSSR count). The van der Waals surface area contributed by atoms with Gasteiger partial charge in [-0.15, -0.1) is 0 Å². The zero-order chi connectivity index (χ0) is 17.2. The van der Waals surface area contributed by atoms with Crippen molar-refractivity contribution in [3.8, 4) is 0 Å². The molecule has 1 aromatic heterocycles. The van der Waals surface area contributed by atoms with Crippen LogP contribution in [-0.2, 0) is 11.3 Å². The number of allylic oxidation sites excluding steroid dienone is 2. The molecular formula is C17H13Cl2N5O. The molecule has 2 aromatic rings. The second-order valence-corrected chi connectivity index (χ2v) is 6.18. The summed E-state index contributed by atoms with van der Waals surface area (Å²) in [6, 6.07) is 8.02. The maximum Gasteiger partial charge on any atom is 0.228 e. The first kappa shape index (κ1) is 16.2. The van der Waals surface area contributed by atoms with Gasteiger partial charge in [0.15, 0.2) is 6.23 Å². The molecule has 0 saturated carbocycles. The molecule has 0 fully saturated rings. The SMILES string of the molecule is Clc1nc(Cl)nc(NCc2ccc(C3N=C4C=CC=CC4O3)cc2)n1. The summed E-state index contributed by atoms with van der Waals surface area (Å²) in [6.07, 6.45) is 7.61. The van der Waals surface area contributed by atoms with E-state index in [0.717, 1.165) is 16.8 Å². The summed E-state index contributed by atoms with van der Waals surface area (Å²) in [5, 5.41) is 3.18. The summed E-state index contributed by atoms with van der Waals surface area (Å²) < 4.78 is 5.93. The number of halogens is 2. The van der Waals surface area contributed by atoms with Crippen molar-refractivity contribution in [3.63, 3.8) is 0 Å². The zero-order valence-electron chi connectivity index (χ0n) is 12.9. The molecule has 1 aromatic carbocycles. The normalized spacial score (nSPS) is 21.1. The van der Waals surface area contributed by atoms with E-state index in [-0.39, 0.29) is 22.9 Å². The average Bonchev–Trinajstić information content (AvgIpc) is 3.04. The number of benzene rings is 1. The number of nitrogens with zero attached hydrogens (tertiary/aromatic N) is 4. The van der Waals surface area contributed by atoms with Crippen LogP contribution < -0.4 is 5.32 Å². The van der Waals surface area contributed by atoms with E-state index in [1.807, 2.05) is 48.6 Å². The van der Waals surface area contributed by atoms with E-state index in [9.17, 15) is 0 Å². The fourth-order valence-corrected chi connectivity index (χ4v) is 2.95. The molecule has 0 bridgehead atoms. The first-order valence-corrected chi connectivity index (χ1v) is 8.41. The highest BCUT2D eigenvalue weighted by Crippen LogP contribution is 2.29. The Balaban J connectivity index is 1.41. The van der Waals surface area contributed by atoms with Crippen LogP contribution in [0, 0.1) is 0 Å². The summed E-state index contributed by atoms with van der Waals surface area (Å²) in [5.41, 5.74) is 3.03. The molecule has 8 heteroatoms. The van der Waals surface area contributed by atoms with E-state index in [1.54, 1.807) is 0 Å². The Morgan fingerprint density at radius 1 is 1.00 bits per heavy atom. The molecule has 0 spiro atoms. The van der Waals surface area contributed by atoms with Crippen LogP contribution in [0.3, 0.4) is 0 Å². The summed E-state index contributed by atoms with van der Waals surface area (Å²) in [7, 11) is 0. The minimum absolute atomic E-state index is 0.0466. The molecule has 0 radical (unpaired) electrons. The predicted molar refractivity (Wildman–Crippen MR) is 96.9 cm³/mol.